The Balaban J connectivity index is 3.32. The molecule has 0 aromatic heterocycles. The number of alkyl halides is 14. The number of rotatable bonds is 9. The highest BCUT2D eigenvalue weighted by Crippen LogP contribution is 2.49. The Hall–Kier alpha value is -2.57. The van der Waals surface area contributed by atoms with Crippen LogP contribution in [0.1, 0.15) is 26.7 Å². The number of hydrogen-bond acceptors (Lipinski definition) is 5. The van der Waals surface area contributed by atoms with Crippen molar-refractivity contribution in [3.05, 3.63) is 0 Å². The number of ether oxygens (including phenoxy) is 2. The molecule has 1 aliphatic rings. The van der Waals surface area contributed by atoms with Gasteiger partial charge < -0.3 is 14.4 Å². The number of likely N-dealkylation sites (tertiary alicyclic amines) is 1. The van der Waals surface area contributed by atoms with Crippen molar-refractivity contribution in [2.75, 3.05) is 13.2 Å². The van der Waals surface area contributed by atoms with Crippen molar-refractivity contribution >= 4 is 17.8 Å². The first-order chi connectivity index (χ1) is 16.7. The van der Waals surface area contributed by atoms with E-state index in [0.717, 1.165) is 0 Å². The van der Waals surface area contributed by atoms with Crippen LogP contribution in [-0.4, -0.2) is 84.1 Å². The number of hydrogen-bond donors (Lipinski definition) is 0. The Morgan fingerprint density at radius 3 is 1.66 bits per heavy atom. The third-order valence-corrected chi connectivity index (χ3v) is 5.03. The molecule has 0 N–H and O–H groups in total. The van der Waals surface area contributed by atoms with Gasteiger partial charge in [-0.15, -0.1) is 0 Å². The predicted molar refractivity (Wildman–Crippen MR) is 92.3 cm³/mol. The normalized spacial score (nSPS) is 20.1. The van der Waals surface area contributed by atoms with Crippen molar-refractivity contribution in [1.82, 2.24) is 4.90 Å². The second kappa shape index (κ2) is 10.5. The van der Waals surface area contributed by atoms with Gasteiger partial charge in [-0.25, -0.2) is 9.59 Å². The van der Waals surface area contributed by atoms with Crippen LogP contribution < -0.4 is 0 Å². The highest BCUT2D eigenvalue weighted by atomic mass is 19.4. The van der Waals surface area contributed by atoms with E-state index in [0.29, 0.717) is 0 Å². The molecule has 6 nitrogen and oxygen atoms in total. The highest BCUT2D eigenvalue weighted by molar-refractivity contribution is 5.90. The molecule has 1 amide bonds. The van der Waals surface area contributed by atoms with Crippen molar-refractivity contribution in [3.63, 3.8) is 0 Å². The summed E-state index contributed by atoms with van der Waals surface area (Å²) in [6, 6.07) is -2.61. The lowest BCUT2D eigenvalue weighted by Crippen LogP contribution is -2.61. The van der Waals surface area contributed by atoms with E-state index >= 15 is 0 Å². The summed E-state index contributed by atoms with van der Waals surface area (Å²) in [5.74, 6) is -36.4. The summed E-state index contributed by atoms with van der Waals surface area (Å²) in [5.41, 5.74) is 0. The zero-order valence-corrected chi connectivity index (χ0v) is 18.8. The smallest absolute Gasteiger partial charge is 0.460 e. The molecule has 0 spiro atoms. The van der Waals surface area contributed by atoms with E-state index in [-0.39, 0.29) is 12.3 Å². The van der Waals surface area contributed by atoms with Crippen LogP contribution in [0.15, 0.2) is 0 Å². The molecular weight excluding hydrogens is 576 g/mol. The van der Waals surface area contributed by atoms with E-state index in [1.54, 1.807) is 13.8 Å². The fourth-order valence-corrected chi connectivity index (χ4v) is 2.85. The SMILES string of the molecule is CC(C)CCOC(=O)C1CC(OC(=O)C(F)(F)C(F)(F)C(F)(F)F)CN1C(=O)C(F)(F)C(F)(F)C(F)(F)F. The Morgan fingerprint density at radius 1 is 0.789 bits per heavy atom. The van der Waals surface area contributed by atoms with Crippen LogP contribution in [0.25, 0.3) is 0 Å². The molecule has 0 bridgehead atoms. The molecule has 1 saturated heterocycles. The summed E-state index contributed by atoms with van der Waals surface area (Å²) in [6.45, 7) is 0.743. The summed E-state index contributed by atoms with van der Waals surface area (Å²) < 4.78 is 190. The van der Waals surface area contributed by atoms with Crippen LogP contribution in [0.3, 0.4) is 0 Å². The monoisotopic (exact) mass is 593 g/mol. The summed E-state index contributed by atoms with van der Waals surface area (Å²) in [5, 5.41) is 0. The van der Waals surface area contributed by atoms with Gasteiger partial charge in [-0.2, -0.15) is 61.5 Å². The van der Waals surface area contributed by atoms with Gasteiger partial charge in [-0.05, 0) is 12.3 Å². The Labute approximate surface area is 203 Å². The van der Waals surface area contributed by atoms with Gasteiger partial charge in [0.25, 0.3) is 0 Å². The van der Waals surface area contributed by atoms with Gasteiger partial charge in [-0.3, -0.25) is 4.79 Å². The van der Waals surface area contributed by atoms with Crippen molar-refractivity contribution in [2.45, 2.75) is 74.9 Å². The first kappa shape index (κ1) is 33.5. The third kappa shape index (κ3) is 6.18. The van der Waals surface area contributed by atoms with Crippen LogP contribution >= 0.6 is 0 Å². The van der Waals surface area contributed by atoms with Crippen LogP contribution in [0.4, 0.5) is 61.5 Å². The van der Waals surface area contributed by atoms with Gasteiger partial charge in [0.15, 0.2) is 0 Å². The third-order valence-electron chi connectivity index (χ3n) is 5.03. The Kier molecular flexibility index (Phi) is 9.28. The van der Waals surface area contributed by atoms with Gasteiger partial charge in [0.2, 0.25) is 0 Å². The molecule has 0 aromatic rings. The van der Waals surface area contributed by atoms with Crippen LogP contribution in [0.2, 0.25) is 0 Å². The topological polar surface area (TPSA) is 72.9 Å². The van der Waals surface area contributed by atoms with Gasteiger partial charge >= 0.3 is 53.9 Å². The maximum atomic E-state index is 13.9. The summed E-state index contributed by atoms with van der Waals surface area (Å²) in [4.78, 5) is 34.9. The van der Waals surface area contributed by atoms with E-state index in [2.05, 4.69) is 9.47 Å². The van der Waals surface area contributed by atoms with Gasteiger partial charge in [0.05, 0.1) is 13.2 Å². The molecule has 0 radical (unpaired) electrons. The average molecular weight is 593 g/mol. The summed E-state index contributed by atoms with van der Waals surface area (Å²) in [7, 11) is 0. The number of carbonyl (C=O) groups excluding carboxylic acids is 3. The van der Waals surface area contributed by atoms with Crippen LogP contribution in [-0.2, 0) is 23.9 Å². The molecule has 2 atom stereocenters. The second-order valence-electron chi connectivity index (χ2n) is 8.38. The molecule has 2 unspecified atom stereocenters. The van der Waals surface area contributed by atoms with Crippen molar-refractivity contribution < 1.29 is 85.3 Å². The zero-order chi connectivity index (χ0) is 30.3. The minimum absolute atomic E-state index is 0.0475. The molecule has 1 aliphatic heterocycles. The first-order valence-corrected chi connectivity index (χ1v) is 10.1. The fourth-order valence-electron chi connectivity index (χ4n) is 2.85. The number of nitrogens with zero attached hydrogens (tertiary/aromatic N) is 1. The van der Waals surface area contributed by atoms with Gasteiger partial charge in [0.1, 0.15) is 12.1 Å². The number of halogens is 14. The highest BCUT2D eigenvalue weighted by Gasteiger charge is 2.79. The largest absolute Gasteiger partial charge is 0.464 e. The standard InChI is InChI=1S/C18H17F14NO5/c1-7(2)3-4-37-10(34)9-5-8(38-12(36)14(21,22)16(25,26)18(30,31)32)6-33(9)11(35)13(19,20)15(23,24)17(27,28)29/h7-9H,3-6H2,1-2H3. The summed E-state index contributed by atoms with van der Waals surface area (Å²) in [6.07, 6.45) is -18.1. The fraction of sp³-hybridized carbons (Fsp3) is 0.833. The Bertz CT molecular complexity index is 899. The van der Waals surface area contributed by atoms with Gasteiger partial charge in [-0.1, -0.05) is 13.8 Å². The molecule has 20 heteroatoms. The van der Waals surface area contributed by atoms with E-state index in [1.807, 2.05) is 0 Å². The molecule has 222 valence electrons. The van der Waals surface area contributed by atoms with Crippen LogP contribution in [0.5, 0.6) is 0 Å². The number of carbonyl (C=O) groups is 3. The summed E-state index contributed by atoms with van der Waals surface area (Å²) >= 11 is 0. The van der Waals surface area contributed by atoms with Crippen molar-refractivity contribution in [1.29, 1.82) is 0 Å². The number of amides is 1. The van der Waals surface area contributed by atoms with E-state index in [9.17, 15) is 75.8 Å². The average Bonchev–Trinajstić information content (AvgIpc) is 3.14. The molecule has 0 saturated carbocycles. The lowest BCUT2D eigenvalue weighted by molar-refractivity contribution is -0.349. The quantitative estimate of drug-likeness (QED) is 0.285. The molecule has 0 aliphatic carbocycles. The maximum Gasteiger partial charge on any atom is 0.460 e. The molecular formula is C18H17F14NO5. The first-order valence-electron chi connectivity index (χ1n) is 10.1. The van der Waals surface area contributed by atoms with Gasteiger partial charge in [0, 0.05) is 6.42 Å². The van der Waals surface area contributed by atoms with Crippen molar-refractivity contribution in [3.8, 4) is 0 Å². The lowest BCUT2D eigenvalue weighted by Gasteiger charge is -2.32. The second-order valence-corrected chi connectivity index (χ2v) is 8.38. The molecule has 1 fully saturated rings. The number of esters is 2. The zero-order valence-electron chi connectivity index (χ0n) is 18.8. The minimum atomic E-state index is -7.06. The van der Waals surface area contributed by atoms with E-state index in [1.165, 1.54) is 0 Å². The van der Waals surface area contributed by atoms with E-state index < -0.39 is 90.5 Å². The molecule has 38 heavy (non-hydrogen) atoms. The predicted octanol–water partition coefficient (Wildman–Crippen LogP) is 4.75. The lowest BCUT2D eigenvalue weighted by atomic mass is 10.1. The molecule has 1 heterocycles. The maximum absolute atomic E-state index is 13.9. The molecule has 1 rings (SSSR count). The molecule has 0 aromatic carbocycles. The van der Waals surface area contributed by atoms with Crippen molar-refractivity contribution in [2.24, 2.45) is 5.92 Å². The Morgan fingerprint density at radius 2 is 1.24 bits per heavy atom. The van der Waals surface area contributed by atoms with Crippen LogP contribution in [0, 0.1) is 5.92 Å². The minimum Gasteiger partial charge on any atom is -0.464 e. The van der Waals surface area contributed by atoms with E-state index in [4.69, 9.17) is 0 Å².